The molecule has 0 spiro atoms. The van der Waals surface area contributed by atoms with Crippen LogP contribution in [0, 0.1) is 6.92 Å². The largest absolute Gasteiger partial charge is 0.389 e. The fourth-order valence-electron chi connectivity index (χ4n) is 2.01. The topological polar surface area (TPSA) is 41.5 Å². The maximum atomic E-state index is 9.87. The number of ether oxygens (including phenoxy) is 1. The van der Waals surface area contributed by atoms with Crippen molar-refractivity contribution in [2.75, 3.05) is 19.8 Å². The lowest BCUT2D eigenvalue weighted by Crippen LogP contribution is -2.32. The lowest BCUT2D eigenvalue weighted by molar-refractivity contribution is 0.0344. The third kappa shape index (κ3) is 7.39. The predicted molar refractivity (Wildman–Crippen MR) is 86.4 cm³/mol. The molecule has 0 bridgehead atoms. The first-order valence-corrected chi connectivity index (χ1v) is 8.50. The molecule has 20 heavy (non-hydrogen) atoms. The Hall–Kier alpha value is -0.420. The Balaban J connectivity index is 2.06. The molecule has 116 valence electrons. The molecule has 2 N–H and O–H groups in total. The summed E-state index contributed by atoms with van der Waals surface area (Å²) >= 11 is 1.80. The van der Waals surface area contributed by atoms with Crippen molar-refractivity contribution < 1.29 is 9.84 Å². The monoisotopic (exact) mass is 299 g/mol. The zero-order chi connectivity index (χ0) is 14.8. The molecule has 0 aliphatic heterocycles. The van der Waals surface area contributed by atoms with Crippen LogP contribution < -0.4 is 5.32 Å². The number of aliphatic hydroxyl groups excluding tert-OH is 1. The highest BCUT2D eigenvalue weighted by atomic mass is 32.1. The van der Waals surface area contributed by atoms with Crippen LogP contribution in [0.15, 0.2) is 12.1 Å². The van der Waals surface area contributed by atoms with Crippen LogP contribution in [0.3, 0.4) is 0 Å². The fraction of sp³-hybridized carbons (Fsp3) is 0.750. The smallest absolute Gasteiger partial charge is 0.0897 e. The van der Waals surface area contributed by atoms with E-state index in [1.165, 1.54) is 29.0 Å². The molecule has 1 aromatic rings. The van der Waals surface area contributed by atoms with Crippen LogP contribution in [0.5, 0.6) is 0 Å². The quantitative estimate of drug-likeness (QED) is 0.613. The Morgan fingerprint density at radius 2 is 2.10 bits per heavy atom. The first-order chi connectivity index (χ1) is 9.63. The molecule has 2 unspecified atom stereocenters. The van der Waals surface area contributed by atoms with Gasteiger partial charge in [0.25, 0.3) is 0 Å². The Kier molecular flexibility index (Phi) is 9.10. The van der Waals surface area contributed by atoms with Crippen molar-refractivity contribution in [3.63, 3.8) is 0 Å². The van der Waals surface area contributed by atoms with Gasteiger partial charge in [-0.3, -0.25) is 0 Å². The third-order valence-electron chi connectivity index (χ3n) is 3.30. The highest BCUT2D eigenvalue weighted by Crippen LogP contribution is 2.22. The van der Waals surface area contributed by atoms with Crippen molar-refractivity contribution in [3.8, 4) is 0 Å². The Morgan fingerprint density at radius 3 is 2.75 bits per heavy atom. The Bertz CT molecular complexity index is 354. The van der Waals surface area contributed by atoms with Gasteiger partial charge in [-0.05, 0) is 32.4 Å². The van der Waals surface area contributed by atoms with Gasteiger partial charge in [-0.1, -0.05) is 26.2 Å². The molecule has 1 aromatic heterocycles. The molecule has 3 nitrogen and oxygen atoms in total. The number of aryl methyl sites for hydroxylation is 1. The molecule has 0 fully saturated rings. The lowest BCUT2D eigenvalue weighted by Gasteiger charge is -2.16. The van der Waals surface area contributed by atoms with E-state index >= 15 is 0 Å². The van der Waals surface area contributed by atoms with Gasteiger partial charge in [0, 0.05) is 28.9 Å². The molecule has 0 amide bonds. The Morgan fingerprint density at radius 1 is 1.30 bits per heavy atom. The summed E-state index contributed by atoms with van der Waals surface area (Å²) in [7, 11) is 0. The first kappa shape index (κ1) is 17.6. The summed E-state index contributed by atoms with van der Waals surface area (Å²) in [6.07, 6.45) is 4.40. The molecular formula is C16H29NO2S. The van der Waals surface area contributed by atoms with E-state index in [1.807, 2.05) is 0 Å². The average Bonchev–Trinajstić information content (AvgIpc) is 2.86. The van der Waals surface area contributed by atoms with E-state index in [0.717, 1.165) is 13.0 Å². The van der Waals surface area contributed by atoms with Crippen molar-refractivity contribution in [2.24, 2.45) is 0 Å². The van der Waals surface area contributed by atoms with Crippen molar-refractivity contribution in [1.29, 1.82) is 0 Å². The van der Waals surface area contributed by atoms with E-state index in [2.05, 4.69) is 38.2 Å². The number of nitrogens with one attached hydrogen (secondary N) is 1. The molecule has 0 aliphatic rings. The van der Waals surface area contributed by atoms with Gasteiger partial charge in [0.15, 0.2) is 0 Å². The number of hydrogen-bond acceptors (Lipinski definition) is 4. The van der Waals surface area contributed by atoms with Crippen LogP contribution in [0.25, 0.3) is 0 Å². The van der Waals surface area contributed by atoms with Gasteiger partial charge in [-0.25, -0.2) is 0 Å². The van der Waals surface area contributed by atoms with Gasteiger partial charge in [0.2, 0.25) is 0 Å². The van der Waals surface area contributed by atoms with Crippen molar-refractivity contribution in [2.45, 2.75) is 58.6 Å². The number of hydrogen-bond donors (Lipinski definition) is 2. The summed E-state index contributed by atoms with van der Waals surface area (Å²) < 4.78 is 5.50. The van der Waals surface area contributed by atoms with Gasteiger partial charge in [-0.15, -0.1) is 11.3 Å². The summed E-state index contributed by atoms with van der Waals surface area (Å²) in [4.78, 5) is 2.64. The van der Waals surface area contributed by atoms with E-state index in [1.54, 1.807) is 11.3 Å². The maximum absolute atomic E-state index is 9.87. The summed E-state index contributed by atoms with van der Waals surface area (Å²) in [5.41, 5.74) is 0. The third-order valence-corrected chi connectivity index (χ3v) is 4.48. The van der Waals surface area contributed by atoms with Gasteiger partial charge in [0.1, 0.15) is 0 Å². The van der Waals surface area contributed by atoms with Crippen LogP contribution in [-0.2, 0) is 4.74 Å². The van der Waals surface area contributed by atoms with Crippen LogP contribution >= 0.6 is 11.3 Å². The minimum Gasteiger partial charge on any atom is -0.389 e. The number of unbranched alkanes of at least 4 members (excludes halogenated alkanes) is 3. The second-order valence-corrected chi connectivity index (χ2v) is 6.69. The van der Waals surface area contributed by atoms with Crippen molar-refractivity contribution in [1.82, 2.24) is 5.32 Å². The van der Waals surface area contributed by atoms with Crippen LogP contribution in [0.4, 0.5) is 0 Å². The van der Waals surface area contributed by atoms with E-state index in [0.29, 0.717) is 13.2 Å². The van der Waals surface area contributed by atoms with E-state index < -0.39 is 6.10 Å². The van der Waals surface area contributed by atoms with Gasteiger partial charge in [0.05, 0.1) is 12.7 Å². The lowest BCUT2D eigenvalue weighted by atomic mass is 10.2. The molecular weight excluding hydrogens is 270 g/mol. The standard InChI is InChI=1S/C16H29NO2S/c1-4-5-6-7-10-19-12-15(18)11-17-14(3)16-9-8-13(2)20-16/h8-9,14-15,17-18H,4-7,10-12H2,1-3H3. The molecule has 0 saturated heterocycles. The molecule has 2 atom stereocenters. The van der Waals surface area contributed by atoms with Crippen LogP contribution in [0.1, 0.15) is 55.3 Å². The summed E-state index contributed by atoms with van der Waals surface area (Å²) in [6, 6.07) is 4.57. The normalized spacial score (nSPS) is 14.4. The minimum atomic E-state index is -0.426. The van der Waals surface area contributed by atoms with Crippen LogP contribution in [-0.4, -0.2) is 31.0 Å². The number of thiophene rings is 1. The number of aliphatic hydroxyl groups is 1. The predicted octanol–water partition coefficient (Wildman–Crippen LogP) is 3.66. The highest BCUT2D eigenvalue weighted by molar-refractivity contribution is 7.12. The van der Waals surface area contributed by atoms with E-state index in [4.69, 9.17) is 4.74 Å². The SMILES string of the molecule is CCCCCCOCC(O)CNC(C)c1ccc(C)s1. The molecule has 4 heteroatoms. The van der Waals surface area contributed by atoms with Gasteiger partial charge >= 0.3 is 0 Å². The van der Waals surface area contributed by atoms with E-state index in [9.17, 15) is 5.11 Å². The summed E-state index contributed by atoms with van der Waals surface area (Å²) in [5.74, 6) is 0. The Labute approximate surface area is 127 Å². The highest BCUT2D eigenvalue weighted by Gasteiger charge is 2.10. The van der Waals surface area contributed by atoms with Gasteiger partial charge in [-0.2, -0.15) is 0 Å². The second-order valence-electron chi connectivity index (χ2n) is 5.37. The van der Waals surface area contributed by atoms with Crippen LogP contribution in [0.2, 0.25) is 0 Å². The molecule has 0 aromatic carbocycles. The molecule has 1 heterocycles. The zero-order valence-corrected chi connectivity index (χ0v) is 13.8. The molecule has 0 aliphatic carbocycles. The van der Waals surface area contributed by atoms with Gasteiger partial charge < -0.3 is 15.2 Å². The maximum Gasteiger partial charge on any atom is 0.0897 e. The number of rotatable bonds is 11. The van der Waals surface area contributed by atoms with E-state index in [-0.39, 0.29) is 6.04 Å². The zero-order valence-electron chi connectivity index (χ0n) is 13.0. The summed E-state index contributed by atoms with van der Waals surface area (Å²) in [6.45, 7) is 8.21. The summed E-state index contributed by atoms with van der Waals surface area (Å²) in [5, 5.41) is 13.2. The molecule has 0 radical (unpaired) electrons. The van der Waals surface area contributed by atoms with Crippen molar-refractivity contribution >= 4 is 11.3 Å². The average molecular weight is 299 g/mol. The second kappa shape index (κ2) is 10.3. The van der Waals surface area contributed by atoms with Crippen molar-refractivity contribution in [3.05, 3.63) is 21.9 Å². The first-order valence-electron chi connectivity index (χ1n) is 7.69. The molecule has 1 rings (SSSR count). The fourth-order valence-corrected chi connectivity index (χ4v) is 2.91. The minimum absolute atomic E-state index is 0.285. The molecule has 0 saturated carbocycles.